The van der Waals surface area contributed by atoms with E-state index in [2.05, 4.69) is 5.10 Å². The largest absolute Gasteiger partial charge is 0.450 e. The first-order valence-electron chi connectivity index (χ1n) is 5.86. The van der Waals surface area contributed by atoms with E-state index >= 15 is 0 Å². The van der Waals surface area contributed by atoms with Gasteiger partial charge in [0.25, 0.3) is 5.91 Å². The molecule has 0 unspecified atom stereocenters. The molecular formula is C12H15F3N4O2. The minimum atomic E-state index is -4.94. The zero-order chi connectivity index (χ0) is 16.6. The van der Waals surface area contributed by atoms with Crippen molar-refractivity contribution in [1.82, 2.24) is 10.3 Å². The lowest BCUT2D eigenvalue weighted by atomic mass is 10.1. The van der Waals surface area contributed by atoms with Crippen LogP contribution in [0.3, 0.4) is 0 Å². The van der Waals surface area contributed by atoms with Crippen molar-refractivity contribution in [1.29, 1.82) is 5.26 Å². The molecule has 0 fully saturated rings. The zero-order valence-corrected chi connectivity index (χ0v) is 11.8. The summed E-state index contributed by atoms with van der Waals surface area (Å²) >= 11 is 0. The molecule has 21 heavy (non-hydrogen) atoms. The molecule has 0 atom stereocenters. The zero-order valence-electron chi connectivity index (χ0n) is 11.8. The van der Waals surface area contributed by atoms with Crippen LogP contribution in [0.15, 0.2) is 16.9 Å². The van der Waals surface area contributed by atoms with Crippen LogP contribution in [0.4, 0.5) is 13.2 Å². The van der Waals surface area contributed by atoms with Crippen LogP contribution in [-0.2, 0) is 9.59 Å². The van der Waals surface area contributed by atoms with E-state index in [1.807, 2.05) is 5.43 Å². The second kappa shape index (κ2) is 8.04. The van der Waals surface area contributed by atoms with Crippen molar-refractivity contribution in [2.45, 2.75) is 25.9 Å². The molecule has 6 nitrogen and oxygen atoms in total. The lowest BCUT2D eigenvalue weighted by Crippen LogP contribution is -2.27. The van der Waals surface area contributed by atoms with Crippen molar-refractivity contribution in [2.24, 2.45) is 5.10 Å². The molecular weight excluding hydrogens is 289 g/mol. The number of nitrogens with one attached hydrogen (secondary N) is 1. The number of rotatable bonds is 6. The fourth-order valence-corrected chi connectivity index (χ4v) is 1.12. The molecule has 0 aliphatic heterocycles. The van der Waals surface area contributed by atoms with E-state index in [0.717, 1.165) is 0 Å². The van der Waals surface area contributed by atoms with Crippen LogP contribution in [0.2, 0.25) is 0 Å². The average molecular weight is 304 g/mol. The van der Waals surface area contributed by atoms with Gasteiger partial charge in [-0.3, -0.25) is 9.59 Å². The number of ketones is 1. The molecule has 0 aliphatic carbocycles. The fraction of sp³-hybridized carbons (Fsp3) is 0.500. The lowest BCUT2D eigenvalue weighted by molar-refractivity contribution is -0.169. The third-order valence-electron chi connectivity index (χ3n) is 2.16. The number of alkyl halides is 3. The monoisotopic (exact) mass is 304 g/mol. The van der Waals surface area contributed by atoms with Gasteiger partial charge in [0.2, 0.25) is 5.78 Å². The highest BCUT2D eigenvalue weighted by Crippen LogP contribution is 2.18. The number of Topliss-reactive ketones (excluding diaryl/α,β-unsaturated/α-hetero) is 1. The number of nitriles is 1. The van der Waals surface area contributed by atoms with E-state index in [0.29, 0.717) is 0 Å². The Bertz CT molecular complexity index is 502. The Kier molecular flexibility index (Phi) is 7.13. The molecule has 9 heteroatoms. The van der Waals surface area contributed by atoms with Crippen molar-refractivity contribution >= 4 is 17.4 Å². The maximum atomic E-state index is 12.1. The lowest BCUT2D eigenvalue weighted by Gasteiger charge is -2.08. The first kappa shape index (κ1) is 18.6. The van der Waals surface area contributed by atoms with E-state index < -0.39 is 24.3 Å². The molecule has 0 aromatic rings. The fourth-order valence-electron chi connectivity index (χ4n) is 1.12. The molecule has 0 bridgehead atoms. The van der Waals surface area contributed by atoms with Gasteiger partial charge in [0.1, 0.15) is 11.6 Å². The maximum absolute atomic E-state index is 12.1. The van der Waals surface area contributed by atoms with Crippen LogP contribution in [0.1, 0.15) is 19.8 Å². The Balaban J connectivity index is 4.87. The quantitative estimate of drug-likeness (QED) is 0.347. The molecule has 0 aromatic carbocycles. The van der Waals surface area contributed by atoms with Crippen LogP contribution in [0, 0.1) is 11.3 Å². The van der Waals surface area contributed by atoms with Crippen molar-refractivity contribution in [3.63, 3.8) is 0 Å². The standard InChI is InChI=1S/C12H15F3N4O2/c1-4-9(5-10(20)12(13,14)15)17-18-11(21)8(6-16)7-19(2)3/h7H,4-5H2,1-3H3,(H,18,21)/b8-7+,17-9-. The summed E-state index contributed by atoms with van der Waals surface area (Å²) in [5.41, 5.74) is 1.56. The predicted octanol–water partition coefficient (Wildman–Crippen LogP) is 1.36. The number of hydrogen-bond donors (Lipinski definition) is 1. The summed E-state index contributed by atoms with van der Waals surface area (Å²) in [7, 11) is 3.18. The molecule has 0 heterocycles. The Morgan fingerprint density at radius 2 is 1.95 bits per heavy atom. The van der Waals surface area contributed by atoms with E-state index in [4.69, 9.17) is 5.26 Å². The van der Waals surface area contributed by atoms with E-state index in [1.54, 1.807) is 20.2 Å². The van der Waals surface area contributed by atoms with Crippen LogP contribution in [-0.4, -0.2) is 42.6 Å². The molecule has 1 amide bonds. The molecule has 0 spiro atoms. The summed E-state index contributed by atoms with van der Waals surface area (Å²) in [6, 6.07) is 1.63. The van der Waals surface area contributed by atoms with Gasteiger partial charge >= 0.3 is 6.18 Å². The number of carbonyl (C=O) groups excluding carboxylic acids is 2. The van der Waals surface area contributed by atoms with Crippen LogP contribution < -0.4 is 5.43 Å². The Morgan fingerprint density at radius 3 is 2.33 bits per heavy atom. The molecule has 116 valence electrons. The number of hydrogen-bond acceptors (Lipinski definition) is 5. The Hall–Kier alpha value is -2.37. The highest BCUT2D eigenvalue weighted by Gasteiger charge is 2.38. The number of carbonyl (C=O) groups is 2. The molecule has 0 aromatic heterocycles. The second-order valence-corrected chi connectivity index (χ2v) is 4.19. The van der Waals surface area contributed by atoms with Gasteiger partial charge in [-0.15, -0.1) is 0 Å². The highest BCUT2D eigenvalue weighted by atomic mass is 19.4. The van der Waals surface area contributed by atoms with E-state index in [1.165, 1.54) is 18.0 Å². The SMILES string of the molecule is CC/C(CC(=O)C(F)(F)F)=N/NC(=O)/C(C#N)=C/N(C)C. The minimum Gasteiger partial charge on any atom is -0.382 e. The highest BCUT2D eigenvalue weighted by molar-refractivity contribution is 6.05. The molecule has 0 saturated heterocycles. The van der Waals surface area contributed by atoms with Crippen molar-refractivity contribution in [3.05, 3.63) is 11.8 Å². The molecule has 0 radical (unpaired) electrons. The third kappa shape index (κ3) is 7.10. The van der Waals surface area contributed by atoms with Crippen LogP contribution >= 0.6 is 0 Å². The van der Waals surface area contributed by atoms with Gasteiger partial charge in [0.15, 0.2) is 0 Å². The first-order chi connectivity index (χ1) is 9.61. The first-order valence-corrected chi connectivity index (χ1v) is 5.86. The second-order valence-electron chi connectivity index (χ2n) is 4.19. The Morgan fingerprint density at radius 1 is 1.38 bits per heavy atom. The summed E-state index contributed by atoms with van der Waals surface area (Å²) in [5.74, 6) is -2.81. The van der Waals surface area contributed by atoms with Crippen molar-refractivity contribution in [2.75, 3.05) is 14.1 Å². The van der Waals surface area contributed by atoms with Gasteiger partial charge in [-0.25, -0.2) is 5.43 Å². The third-order valence-corrected chi connectivity index (χ3v) is 2.16. The van der Waals surface area contributed by atoms with Gasteiger partial charge < -0.3 is 4.90 Å². The average Bonchev–Trinajstić information content (AvgIpc) is 2.38. The van der Waals surface area contributed by atoms with Crippen LogP contribution in [0.5, 0.6) is 0 Å². The number of amides is 1. The van der Waals surface area contributed by atoms with Crippen LogP contribution in [0.25, 0.3) is 0 Å². The topological polar surface area (TPSA) is 85.6 Å². The smallest absolute Gasteiger partial charge is 0.382 e. The van der Waals surface area contributed by atoms with Crippen molar-refractivity contribution < 1.29 is 22.8 Å². The summed E-state index contributed by atoms with van der Waals surface area (Å²) < 4.78 is 36.4. The summed E-state index contributed by atoms with van der Waals surface area (Å²) in [6.45, 7) is 1.50. The molecule has 1 N–H and O–H groups in total. The Labute approximate surface area is 119 Å². The summed E-state index contributed by atoms with van der Waals surface area (Å²) in [4.78, 5) is 23.8. The van der Waals surface area contributed by atoms with E-state index in [-0.39, 0.29) is 17.7 Å². The summed E-state index contributed by atoms with van der Waals surface area (Å²) in [6.07, 6.45) is -4.58. The number of nitrogens with zero attached hydrogens (tertiary/aromatic N) is 3. The molecule has 0 aliphatic rings. The van der Waals surface area contributed by atoms with Crippen molar-refractivity contribution in [3.8, 4) is 6.07 Å². The normalized spacial score (nSPS) is 12.6. The van der Waals surface area contributed by atoms with Gasteiger partial charge in [-0.2, -0.15) is 23.5 Å². The molecule has 0 saturated carbocycles. The van der Waals surface area contributed by atoms with Gasteiger partial charge in [-0.1, -0.05) is 6.92 Å². The molecule has 0 rings (SSSR count). The van der Waals surface area contributed by atoms with Gasteiger partial charge in [0.05, 0.1) is 6.42 Å². The number of hydrazone groups is 1. The van der Waals surface area contributed by atoms with Gasteiger partial charge in [-0.05, 0) is 6.42 Å². The number of halogens is 3. The predicted molar refractivity (Wildman–Crippen MR) is 68.9 cm³/mol. The van der Waals surface area contributed by atoms with Gasteiger partial charge in [0, 0.05) is 26.0 Å². The maximum Gasteiger partial charge on any atom is 0.450 e. The minimum absolute atomic E-state index is 0.0569. The summed E-state index contributed by atoms with van der Waals surface area (Å²) in [5, 5.41) is 12.2. The van der Waals surface area contributed by atoms with E-state index in [9.17, 15) is 22.8 Å².